The Morgan fingerprint density at radius 1 is 0.333 bits per heavy atom. The van der Waals surface area contributed by atoms with Crippen molar-refractivity contribution in [2.24, 2.45) is 0 Å². The molecule has 0 aromatic carbocycles. The lowest BCUT2D eigenvalue weighted by Gasteiger charge is -2.02. The maximum Gasteiger partial charge on any atom is -0.0533 e. The molecule has 0 saturated heterocycles. The highest BCUT2D eigenvalue weighted by atomic mass is 16.0. The topological polar surface area (TPSA) is 31.5 Å². The van der Waals surface area contributed by atoms with E-state index >= 15 is 0 Å². The van der Waals surface area contributed by atoms with E-state index in [1.54, 1.807) is 0 Å². The highest BCUT2D eigenvalue weighted by molar-refractivity contribution is 4.48. The van der Waals surface area contributed by atoms with E-state index in [1.165, 1.54) is 96.3 Å². The second-order valence-electron chi connectivity index (χ2n) is 5.60. The van der Waals surface area contributed by atoms with Crippen molar-refractivity contribution in [3.63, 3.8) is 0 Å². The van der Waals surface area contributed by atoms with Crippen LogP contribution in [-0.4, -0.2) is 5.48 Å². The van der Waals surface area contributed by atoms with Gasteiger partial charge in [-0.25, -0.2) is 0 Å². The van der Waals surface area contributed by atoms with Gasteiger partial charge in [0.2, 0.25) is 0 Å². The van der Waals surface area contributed by atoms with Crippen molar-refractivity contribution >= 4 is 0 Å². The molecule has 0 rings (SSSR count). The Hall–Kier alpha value is -0.0400. The van der Waals surface area contributed by atoms with E-state index in [-0.39, 0.29) is 5.48 Å². The van der Waals surface area contributed by atoms with Crippen LogP contribution >= 0.6 is 0 Å². The van der Waals surface area contributed by atoms with Gasteiger partial charge in [-0.15, -0.1) is 0 Å². The number of unbranched alkanes of at least 4 members (excludes halogenated alkanes) is 14. The molecular formula is C17H38O. The lowest BCUT2D eigenvalue weighted by molar-refractivity contribution is 0.534. The fraction of sp³-hybridized carbons (Fsp3) is 1.00. The predicted molar refractivity (Wildman–Crippen MR) is 84.2 cm³/mol. The summed E-state index contributed by atoms with van der Waals surface area (Å²) < 4.78 is 0. The second kappa shape index (κ2) is 19.3. The molecule has 0 bridgehead atoms. The molecule has 2 N–H and O–H groups in total. The fourth-order valence-electron chi connectivity index (χ4n) is 2.44. The third kappa shape index (κ3) is 18.3. The number of hydrogen-bond donors (Lipinski definition) is 0. The lowest BCUT2D eigenvalue weighted by atomic mass is 10.0. The Morgan fingerprint density at radius 2 is 0.500 bits per heavy atom. The minimum absolute atomic E-state index is 0. The van der Waals surface area contributed by atoms with Crippen LogP contribution in [-0.2, 0) is 0 Å². The highest BCUT2D eigenvalue weighted by Crippen LogP contribution is 2.13. The monoisotopic (exact) mass is 258 g/mol. The molecule has 0 unspecified atom stereocenters. The molecule has 1 heteroatoms. The molecule has 0 fully saturated rings. The number of hydrogen-bond acceptors (Lipinski definition) is 0. The Morgan fingerprint density at radius 3 is 0.667 bits per heavy atom. The minimum atomic E-state index is 0. The fourth-order valence-corrected chi connectivity index (χ4v) is 2.44. The molecule has 0 aliphatic heterocycles. The summed E-state index contributed by atoms with van der Waals surface area (Å²) in [6.07, 6.45) is 21.9. The third-order valence-electron chi connectivity index (χ3n) is 3.71. The SMILES string of the molecule is CCCCCCCCCCCCCCCCC.O. The molecular weight excluding hydrogens is 220 g/mol. The smallest absolute Gasteiger partial charge is 0.0533 e. The van der Waals surface area contributed by atoms with Gasteiger partial charge in [-0.2, -0.15) is 0 Å². The van der Waals surface area contributed by atoms with Gasteiger partial charge in [0.25, 0.3) is 0 Å². The van der Waals surface area contributed by atoms with Gasteiger partial charge in [0, 0.05) is 0 Å². The van der Waals surface area contributed by atoms with Crippen LogP contribution in [0.25, 0.3) is 0 Å². The average Bonchev–Trinajstić information content (AvgIpc) is 2.35. The van der Waals surface area contributed by atoms with Gasteiger partial charge in [0.1, 0.15) is 0 Å². The summed E-state index contributed by atoms with van der Waals surface area (Å²) >= 11 is 0. The van der Waals surface area contributed by atoms with Crippen LogP contribution in [0.3, 0.4) is 0 Å². The van der Waals surface area contributed by atoms with E-state index in [9.17, 15) is 0 Å². The molecule has 18 heavy (non-hydrogen) atoms. The van der Waals surface area contributed by atoms with Gasteiger partial charge in [-0.05, 0) is 0 Å². The molecule has 0 aliphatic rings. The van der Waals surface area contributed by atoms with Crippen LogP contribution in [0.1, 0.15) is 110 Å². The molecule has 0 aliphatic carbocycles. The quantitative estimate of drug-likeness (QED) is 0.339. The zero-order valence-electron chi connectivity index (χ0n) is 13.1. The summed E-state index contributed by atoms with van der Waals surface area (Å²) in [7, 11) is 0. The second-order valence-corrected chi connectivity index (χ2v) is 5.60. The largest absolute Gasteiger partial charge is 0.412 e. The van der Waals surface area contributed by atoms with Crippen LogP contribution in [0.15, 0.2) is 0 Å². The van der Waals surface area contributed by atoms with Crippen LogP contribution in [0, 0.1) is 0 Å². The third-order valence-corrected chi connectivity index (χ3v) is 3.71. The van der Waals surface area contributed by atoms with Crippen molar-refractivity contribution in [2.45, 2.75) is 110 Å². The molecule has 1 nitrogen and oxygen atoms in total. The molecule has 0 aromatic heterocycles. The van der Waals surface area contributed by atoms with Crippen molar-refractivity contribution < 1.29 is 5.48 Å². The van der Waals surface area contributed by atoms with E-state index in [1.807, 2.05) is 0 Å². The first kappa shape index (κ1) is 20.3. The van der Waals surface area contributed by atoms with Gasteiger partial charge in [0.15, 0.2) is 0 Å². The first-order chi connectivity index (χ1) is 8.41. The van der Waals surface area contributed by atoms with Crippen molar-refractivity contribution in [1.29, 1.82) is 0 Å². The summed E-state index contributed by atoms with van der Waals surface area (Å²) in [6, 6.07) is 0. The first-order valence-electron chi connectivity index (χ1n) is 8.41. The normalized spacial score (nSPS) is 10.3. The van der Waals surface area contributed by atoms with E-state index in [2.05, 4.69) is 13.8 Å². The maximum atomic E-state index is 2.29. The number of rotatable bonds is 14. The zero-order chi connectivity index (χ0) is 12.6. The van der Waals surface area contributed by atoms with Crippen molar-refractivity contribution in [2.75, 3.05) is 0 Å². The van der Waals surface area contributed by atoms with Gasteiger partial charge in [-0.3, -0.25) is 0 Å². The minimum Gasteiger partial charge on any atom is -0.412 e. The van der Waals surface area contributed by atoms with Gasteiger partial charge in [0.05, 0.1) is 0 Å². The van der Waals surface area contributed by atoms with Crippen LogP contribution in [0.5, 0.6) is 0 Å². The summed E-state index contributed by atoms with van der Waals surface area (Å²) in [5.41, 5.74) is 0. The van der Waals surface area contributed by atoms with Gasteiger partial charge < -0.3 is 5.48 Å². The molecule has 112 valence electrons. The predicted octanol–water partition coefficient (Wildman–Crippen LogP) is 6.05. The van der Waals surface area contributed by atoms with Crippen molar-refractivity contribution in [1.82, 2.24) is 0 Å². The van der Waals surface area contributed by atoms with E-state index in [0.717, 1.165) is 0 Å². The lowest BCUT2D eigenvalue weighted by Crippen LogP contribution is -1.82. The van der Waals surface area contributed by atoms with Crippen molar-refractivity contribution in [3.05, 3.63) is 0 Å². The molecule has 0 amide bonds. The van der Waals surface area contributed by atoms with Crippen LogP contribution in [0.4, 0.5) is 0 Å². The Balaban J connectivity index is 0. The average molecular weight is 258 g/mol. The summed E-state index contributed by atoms with van der Waals surface area (Å²) in [6.45, 7) is 4.58. The molecule has 0 radical (unpaired) electrons. The first-order valence-corrected chi connectivity index (χ1v) is 8.41. The standard InChI is InChI=1S/C17H36.H2O/c1-3-5-7-9-11-13-15-17-16-14-12-10-8-6-4-2;/h3-17H2,1-2H3;1H2. The Labute approximate surface area is 116 Å². The van der Waals surface area contributed by atoms with Gasteiger partial charge >= 0.3 is 0 Å². The van der Waals surface area contributed by atoms with Crippen LogP contribution < -0.4 is 0 Å². The molecule has 0 heterocycles. The molecule has 0 aromatic rings. The van der Waals surface area contributed by atoms with Crippen molar-refractivity contribution in [3.8, 4) is 0 Å². The maximum absolute atomic E-state index is 2.29. The zero-order valence-corrected chi connectivity index (χ0v) is 13.1. The van der Waals surface area contributed by atoms with E-state index < -0.39 is 0 Å². The van der Waals surface area contributed by atoms with Crippen LogP contribution in [0.2, 0.25) is 0 Å². The van der Waals surface area contributed by atoms with E-state index in [4.69, 9.17) is 0 Å². The molecule has 0 spiro atoms. The molecule has 0 saturated carbocycles. The van der Waals surface area contributed by atoms with Gasteiger partial charge in [-0.1, -0.05) is 110 Å². The summed E-state index contributed by atoms with van der Waals surface area (Å²) in [4.78, 5) is 0. The highest BCUT2D eigenvalue weighted by Gasteiger charge is 1.93. The summed E-state index contributed by atoms with van der Waals surface area (Å²) in [5.74, 6) is 0. The molecule has 0 atom stereocenters. The Bertz CT molecular complexity index is 109. The Kier molecular flexibility index (Phi) is 21.7. The summed E-state index contributed by atoms with van der Waals surface area (Å²) in [5, 5.41) is 0. The van der Waals surface area contributed by atoms with E-state index in [0.29, 0.717) is 0 Å².